The predicted octanol–water partition coefficient (Wildman–Crippen LogP) is 4.17. The van der Waals surface area contributed by atoms with Gasteiger partial charge in [-0.2, -0.15) is 0 Å². The highest BCUT2D eigenvalue weighted by Gasteiger charge is 2.06. The first kappa shape index (κ1) is 13.3. The van der Waals surface area contributed by atoms with Gasteiger partial charge in [0.2, 0.25) is 0 Å². The van der Waals surface area contributed by atoms with Crippen LogP contribution in [-0.2, 0) is 6.54 Å². The molecule has 0 aromatic heterocycles. The average molecular weight is 279 g/mol. The number of ether oxygens (including phenoxy) is 1. The van der Waals surface area contributed by atoms with Crippen LogP contribution in [0.25, 0.3) is 10.8 Å². The van der Waals surface area contributed by atoms with Crippen molar-refractivity contribution in [3.63, 3.8) is 0 Å². The van der Waals surface area contributed by atoms with Gasteiger partial charge in [0.05, 0.1) is 7.11 Å². The van der Waals surface area contributed by atoms with E-state index in [2.05, 4.69) is 5.32 Å². The first-order valence-electron chi connectivity index (χ1n) is 6.85. The second-order valence-electron chi connectivity index (χ2n) is 4.87. The van der Waals surface area contributed by atoms with Crippen molar-refractivity contribution in [2.45, 2.75) is 6.54 Å². The van der Waals surface area contributed by atoms with Crippen molar-refractivity contribution in [2.75, 3.05) is 12.4 Å². The van der Waals surface area contributed by atoms with E-state index in [0.29, 0.717) is 12.3 Å². The summed E-state index contributed by atoms with van der Waals surface area (Å²) in [4.78, 5) is 0. The van der Waals surface area contributed by atoms with Crippen LogP contribution in [0.2, 0.25) is 0 Å². The minimum Gasteiger partial charge on any atom is -0.508 e. The molecule has 21 heavy (non-hydrogen) atoms. The molecule has 0 aliphatic rings. The van der Waals surface area contributed by atoms with Crippen molar-refractivity contribution in [1.29, 1.82) is 0 Å². The summed E-state index contributed by atoms with van der Waals surface area (Å²) in [6.45, 7) is 0.556. The van der Waals surface area contributed by atoms with E-state index in [1.54, 1.807) is 13.2 Å². The van der Waals surface area contributed by atoms with Crippen LogP contribution in [0.4, 0.5) is 5.69 Å². The van der Waals surface area contributed by atoms with Gasteiger partial charge in [-0.25, -0.2) is 0 Å². The van der Waals surface area contributed by atoms with Gasteiger partial charge in [-0.3, -0.25) is 0 Å². The lowest BCUT2D eigenvalue weighted by Gasteiger charge is -2.12. The van der Waals surface area contributed by atoms with E-state index in [0.717, 1.165) is 27.8 Å². The van der Waals surface area contributed by atoms with Gasteiger partial charge >= 0.3 is 0 Å². The lowest BCUT2D eigenvalue weighted by atomic mass is 10.0. The van der Waals surface area contributed by atoms with Gasteiger partial charge in [0.1, 0.15) is 11.5 Å². The first-order chi connectivity index (χ1) is 10.3. The van der Waals surface area contributed by atoms with Crippen molar-refractivity contribution < 1.29 is 9.84 Å². The minimum absolute atomic E-state index is 0.309. The molecule has 0 saturated carbocycles. The Morgan fingerprint density at radius 3 is 2.71 bits per heavy atom. The zero-order chi connectivity index (χ0) is 14.7. The standard InChI is InChI=1S/C18H17NO2/c1-21-15-7-4-6-14(11-15)19-12-17-16-8-3-2-5-13(16)9-10-18(17)20/h2-11,19-20H,12H2,1H3. The van der Waals surface area contributed by atoms with E-state index in [9.17, 15) is 5.11 Å². The molecule has 0 radical (unpaired) electrons. The summed E-state index contributed by atoms with van der Waals surface area (Å²) in [5, 5.41) is 15.6. The molecule has 0 heterocycles. The number of hydrogen-bond donors (Lipinski definition) is 2. The van der Waals surface area contributed by atoms with Crippen LogP contribution in [0.15, 0.2) is 60.7 Å². The summed E-state index contributed by atoms with van der Waals surface area (Å²) in [7, 11) is 1.65. The second-order valence-corrected chi connectivity index (χ2v) is 4.87. The molecule has 0 atom stereocenters. The zero-order valence-electron chi connectivity index (χ0n) is 11.8. The van der Waals surface area contributed by atoms with E-state index in [-0.39, 0.29) is 0 Å². The van der Waals surface area contributed by atoms with Crippen LogP contribution in [0, 0.1) is 0 Å². The minimum atomic E-state index is 0.309. The maximum Gasteiger partial charge on any atom is 0.121 e. The molecular weight excluding hydrogens is 262 g/mol. The van der Waals surface area contributed by atoms with Crippen molar-refractivity contribution in [2.24, 2.45) is 0 Å². The molecule has 3 heteroatoms. The second kappa shape index (κ2) is 5.75. The summed E-state index contributed by atoms with van der Waals surface area (Å²) in [5.74, 6) is 1.12. The van der Waals surface area contributed by atoms with Crippen molar-refractivity contribution >= 4 is 16.5 Å². The number of methoxy groups -OCH3 is 1. The number of anilines is 1. The van der Waals surface area contributed by atoms with Crippen LogP contribution in [0.5, 0.6) is 11.5 Å². The molecule has 106 valence electrons. The quantitative estimate of drug-likeness (QED) is 0.753. The Morgan fingerprint density at radius 2 is 1.86 bits per heavy atom. The Hall–Kier alpha value is -2.68. The van der Waals surface area contributed by atoms with Crippen molar-refractivity contribution in [1.82, 2.24) is 0 Å². The number of aromatic hydroxyl groups is 1. The van der Waals surface area contributed by atoms with Gasteiger partial charge in [-0.05, 0) is 29.0 Å². The number of hydrogen-bond acceptors (Lipinski definition) is 3. The highest BCUT2D eigenvalue weighted by molar-refractivity contribution is 5.87. The molecule has 0 bridgehead atoms. The van der Waals surface area contributed by atoms with Gasteiger partial charge in [0.25, 0.3) is 0 Å². The Balaban J connectivity index is 1.89. The fourth-order valence-electron chi connectivity index (χ4n) is 2.43. The average Bonchev–Trinajstić information content (AvgIpc) is 2.54. The highest BCUT2D eigenvalue weighted by atomic mass is 16.5. The van der Waals surface area contributed by atoms with Crippen molar-refractivity contribution in [3.05, 3.63) is 66.2 Å². The lowest BCUT2D eigenvalue weighted by molar-refractivity contribution is 0.415. The summed E-state index contributed by atoms with van der Waals surface area (Å²) < 4.78 is 5.21. The fraction of sp³-hybridized carbons (Fsp3) is 0.111. The van der Waals surface area contributed by atoms with Crippen LogP contribution >= 0.6 is 0 Å². The SMILES string of the molecule is COc1cccc(NCc2c(O)ccc3ccccc23)c1. The molecule has 0 saturated heterocycles. The molecule has 3 rings (SSSR count). The number of phenolic OH excluding ortho intramolecular Hbond substituents is 1. The normalized spacial score (nSPS) is 10.5. The maximum atomic E-state index is 10.1. The van der Waals surface area contributed by atoms with E-state index in [1.807, 2.05) is 54.6 Å². The number of phenols is 1. The van der Waals surface area contributed by atoms with Crippen LogP contribution in [0.1, 0.15) is 5.56 Å². The largest absolute Gasteiger partial charge is 0.508 e. The summed E-state index contributed by atoms with van der Waals surface area (Å²) in [6.07, 6.45) is 0. The van der Waals surface area contributed by atoms with Crippen LogP contribution < -0.4 is 10.1 Å². The van der Waals surface area contributed by atoms with E-state index in [4.69, 9.17) is 4.74 Å². The van der Waals surface area contributed by atoms with E-state index < -0.39 is 0 Å². The molecule has 3 aromatic carbocycles. The first-order valence-corrected chi connectivity index (χ1v) is 6.85. The fourth-order valence-corrected chi connectivity index (χ4v) is 2.43. The van der Waals surface area contributed by atoms with Gasteiger partial charge in [0.15, 0.2) is 0 Å². The molecule has 0 aliphatic carbocycles. The monoisotopic (exact) mass is 279 g/mol. The summed E-state index contributed by atoms with van der Waals surface area (Å²) >= 11 is 0. The third kappa shape index (κ3) is 2.77. The molecule has 0 fully saturated rings. The topological polar surface area (TPSA) is 41.5 Å². The molecule has 2 N–H and O–H groups in total. The third-order valence-corrected chi connectivity index (χ3v) is 3.55. The maximum absolute atomic E-state index is 10.1. The zero-order valence-corrected chi connectivity index (χ0v) is 11.8. The molecule has 0 amide bonds. The van der Waals surface area contributed by atoms with Gasteiger partial charge < -0.3 is 15.2 Å². The molecule has 0 aliphatic heterocycles. The van der Waals surface area contributed by atoms with Gasteiger partial charge in [-0.15, -0.1) is 0 Å². The Kier molecular flexibility index (Phi) is 3.65. The molecular formula is C18H17NO2. The smallest absolute Gasteiger partial charge is 0.121 e. The molecule has 0 unspecified atom stereocenters. The van der Waals surface area contributed by atoms with E-state index >= 15 is 0 Å². The van der Waals surface area contributed by atoms with E-state index in [1.165, 1.54) is 0 Å². The molecule has 3 aromatic rings. The third-order valence-electron chi connectivity index (χ3n) is 3.55. The number of benzene rings is 3. The number of nitrogens with one attached hydrogen (secondary N) is 1. The Morgan fingerprint density at radius 1 is 1.00 bits per heavy atom. The predicted molar refractivity (Wildman–Crippen MR) is 85.9 cm³/mol. The summed E-state index contributed by atoms with van der Waals surface area (Å²) in [5.41, 5.74) is 1.86. The van der Waals surface area contributed by atoms with Gasteiger partial charge in [0, 0.05) is 23.9 Å². The Labute approximate surface area is 123 Å². The number of fused-ring (bicyclic) bond motifs is 1. The lowest BCUT2D eigenvalue weighted by Crippen LogP contribution is -2.00. The molecule has 3 nitrogen and oxygen atoms in total. The van der Waals surface area contributed by atoms with Gasteiger partial charge in [-0.1, -0.05) is 36.4 Å². The Bertz CT molecular complexity index is 768. The molecule has 0 spiro atoms. The summed E-state index contributed by atoms with van der Waals surface area (Å²) in [6, 6.07) is 19.5. The van der Waals surface area contributed by atoms with Crippen LogP contribution in [0.3, 0.4) is 0 Å². The number of rotatable bonds is 4. The van der Waals surface area contributed by atoms with Crippen LogP contribution in [-0.4, -0.2) is 12.2 Å². The highest BCUT2D eigenvalue weighted by Crippen LogP contribution is 2.28. The van der Waals surface area contributed by atoms with Crippen molar-refractivity contribution in [3.8, 4) is 11.5 Å².